The van der Waals surface area contributed by atoms with Crippen molar-refractivity contribution >= 4 is 11.1 Å². The van der Waals surface area contributed by atoms with E-state index >= 15 is 0 Å². The van der Waals surface area contributed by atoms with Crippen LogP contribution < -0.4 is 0 Å². The van der Waals surface area contributed by atoms with E-state index in [2.05, 4.69) is 267 Å². The van der Waals surface area contributed by atoms with Gasteiger partial charge >= 0.3 is 0 Å². The summed E-state index contributed by atoms with van der Waals surface area (Å²) in [4.78, 5) is 0. The molecule has 0 N–H and O–H groups in total. The zero-order chi connectivity index (χ0) is 41.5. The maximum absolute atomic E-state index is 2.43. The second-order valence-electron chi connectivity index (χ2n) is 15.6. The number of hydrogen-bond donors (Lipinski definition) is 0. The Morgan fingerprint density at radius 3 is 0.919 bits per heavy atom. The lowest BCUT2D eigenvalue weighted by molar-refractivity contribution is 1.49. The largest absolute Gasteiger partial charge is 0.0622 e. The minimum atomic E-state index is 1.16. The van der Waals surface area contributed by atoms with Crippen LogP contribution in [-0.4, -0.2) is 0 Å². The molecule has 0 aliphatic rings. The Morgan fingerprint density at radius 2 is 0.468 bits per heavy atom. The summed E-state index contributed by atoms with van der Waals surface area (Å²) >= 11 is 0. The molecule has 0 aromatic heterocycles. The zero-order valence-corrected chi connectivity index (χ0v) is 34.4. The minimum Gasteiger partial charge on any atom is -0.0622 e. The smallest absolute Gasteiger partial charge is 0.00143 e. The Hall–Kier alpha value is -8.06. The van der Waals surface area contributed by atoms with Crippen molar-refractivity contribution in [3.8, 4) is 66.8 Å². The number of benzene rings is 10. The first-order chi connectivity index (χ1) is 30.8. The van der Waals surface area contributed by atoms with Gasteiger partial charge in [-0.15, -0.1) is 0 Å². The summed E-state index contributed by atoms with van der Waals surface area (Å²) in [5, 5.41) is 0. The van der Waals surface area contributed by atoms with Gasteiger partial charge in [0.15, 0.2) is 0 Å². The first-order valence-corrected chi connectivity index (χ1v) is 21.3. The van der Waals surface area contributed by atoms with Crippen LogP contribution in [0.3, 0.4) is 0 Å². The molecule has 292 valence electrons. The van der Waals surface area contributed by atoms with Crippen LogP contribution in [0.25, 0.3) is 77.9 Å². The van der Waals surface area contributed by atoms with Gasteiger partial charge in [0.25, 0.3) is 0 Å². The van der Waals surface area contributed by atoms with Crippen LogP contribution in [0.4, 0.5) is 0 Å². The summed E-state index contributed by atoms with van der Waals surface area (Å²) in [5.74, 6) is 0. The van der Waals surface area contributed by atoms with E-state index in [1.807, 2.05) is 0 Å². The summed E-state index contributed by atoms with van der Waals surface area (Å²) in [6.07, 6.45) is 0. The van der Waals surface area contributed by atoms with E-state index in [-0.39, 0.29) is 0 Å². The van der Waals surface area contributed by atoms with E-state index in [0.717, 1.165) is 22.3 Å². The molecule has 0 atom stereocenters. The molecular weight excluding hydrogens is 745 g/mol. The predicted molar refractivity (Wildman–Crippen MR) is 263 cm³/mol. The van der Waals surface area contributed by atoms with Crippen LogP contribution >= 0.6 is 0 Å². The Labute approximate surface area is 365 Å². The molecule has 10 aromatic carbocycles. The molecule has 0 radical (unpaired) electrons. The van der Waals surface area contributed by atoms with Gasteiger partial charge in [-0.25, -0.2) is 0 Å². The van der Waals surface area contributed by atoms with Gasteiger partial charge in [0, 0.05) is 0 Å². The first-order valence-electron chi connectivity index (χ1n) is 21.3. The molecule has 0 unspecified atom stereocenters. The van der Waals surface area contributed by atoms with Crippen molar-refractivity contribution in [2.24, 2.45) is 0 Å². The molecule has 0 saturated carbocycles. The van der Waals surface area contributed by atoms with Gasteiger partial charge in [0.2, 0.25) is 0 Å². The fourth-order valence-electron chi connectivity index (χ4n) is 8.90. The molecule has 0 aliphatic carbocycles. The van der Waals surface area contributed by atoms with Crippen LogP contribution in [0.5, 0.6) is 0 Å². The molecule has 10 aromatic rings. The molecule has 10 rings (SSSR count). The summed E-state index contributed by atoms with van der Waals surface area (Å²) in [7, 11) is 0. The van der Waals surface area contributed by atoms with E-state index in [9.17, 15) is 0 Å². The SMILES string of the molecule is c1ccc(C(=C(c2ccccc2)c2cccc(-c3cccc(-c4cc(-c5ccccc5)c(-c5ccccc5)c(-c5ccccc5)c4-c4ccccc4)c3)c2)c2ccccc2)cc1. The summed E-state index contributed by atoms with van der Waals surface area (Å²) in [5.41, 5.74) is 21.4. The van der Waals surface area contributed by atoms with Gasteiger partial charge in [0.1, 0.15) is 0 Å². The molecule has 0 spiro atoms. The van der Waals surface area contributed by atoms with Crippen LogP contribution in [0.1, 0.15) is 22.3 Å². The fraction of sp³-hybridized carbons (Fsp3) is 0. The Bertz CT molecular complexity index is 3060. The lowest BCUT2D eigenvalue weighted by atomic mass is 9.78. The minimum absolute atomic E-state index is 1.16. The molecule has 0 bridgehead atoms. The fourth-order valence-corrected chi connectivity index (χ4v) is 8.90. The average Bonchev–Trinajstić information content (AvgIpc) is 3.37. The van der Waals surface area contributed by atoms with Gasteiger partial charge in [0.05, 0.1) is 0 Å². The number of rotatable bonds is 10. The molecule has 0 heterocycles. The molecule has 62 heavy (non-hydrogen) atoms. The standard InChI is InChI=1S/C62H44/c1-8-24-45(25-9-1)56-44-57(61(50-34-18-6-19-35-50)62(51-36-20-7-21-37-51)60(56)49-32-16-5-17-33-49)54-40-22-38-52(42-54)53-39-23-41-55(43-53)59(48-30-14-4-15-31-48)58(46-26-10-2-11-27-46)47-28-12-3-13-29-47/h1-44H. The van der Waals surface area contributed by atoms with E-state index < -0.39 is 0 Å². The highest BCUT2D eigenvalue weighted by atomic mass is 14.3. The summed E-state index contributed by atoms with van der Waals surface area (Å²) < 4.78 is 0. The third-order valence-electron chi connectivity index (χ3n) is 11.7. The third kappa shape index (κ3) is 7.74. The van der Waals surface area contributed by atoms with Crippen molar-refractivity contribution < 1.29 is 0 Å². The van der Waals surface area contributed by atoms with Crippen LogP contribution in [0.15, 0.2) is 267 Å². The monoisotopic (exact) mass is 788 g/mol. The highest BCUT2D eigenvalue weighted by molar-refractivity contribution is 6.08. The average molecular weight is 789 g/mol. The van der Waals surface area contributed by atoms with Crippen molar-refractivity contribution in [1.29, 1.82) is 0 Å². The predicted octanol–water partition coefficient (Wildman–Crippen LogP) is 16.7. The molecule has 0 saturated heterocycles. The van der Waals surface area contributed by atoms with E-state index in [4.69, 9.17) is 0 Å². The second kappa shape index (κ2) is 17.7. The molecule has 0 heteroatoms. The maximum Gasteiger partial charge on any atom is -0.00143 e. The van der Waals surface area contributed by atoms with Crippen molar-refractivity contribution in [3.63, 3.8) is 0 Å². The van der Waals surface area contributed by atoms with Crippen molar-refractivity contribution in [3.05, 3.63) is 289 Å². The zero-order valence-electron chi connectivity index (χ0n) is 34.4. The van der Waals surface area contributed by atoms with Crippen molar-refractivity contribution in [1.82, 2.24) is 0 Å². The number of hydrogen-bond acceptors (Lipinski definition) is 0. The van der Waals surface area contributed by atoms with Gasteiger partial charge < -0.3 is 0 Å². The van der Waals surface area contributed by atoms with Gasteiger partial charge in [-0.1, -0.05) is 249 Å². The van der Waals surface area contributed by atoms with Crippen LogP contribution in [0, 0.1) is 0 Å². The van der Waals surface area contributed by atoms with E-state index in [0.29, 0.717) is 0 Å². The molecule has 0 fully saturated rings. The molecule has 0 aliphatic heterocycles. The van der Waals surface area contributed by atoms with Gasteiger partial charge in [-0.2, -0.15) is 0 Å². The van der Waals surface area contributed by atoms with Crippen molar-refractivity contribution in [2.45, 2.75) is 0 Å². The lowest BCUT2D eigenvalue weighted by Gasteiger charge is -2.24. The molecule has 0 nitrogen and oxygen atoms in total. The summed E-state index contributed by atoms with van der Waals surface area (Å²) in [6, 6.07) is 96.6. The van der Waals surface area contributed by atoms with Crippen LogP contribution in [-0.2, 0) is 0 Å². The van der Waals surface area contributed by atoms with E-state index in [1.54, 1.807) is 0 Å². The van der Waals surface area contributed by atoms with Gasteiger partial charge in [-0.05, 0) is 118 Å². The lowest BCUT2D eigenvalue weighted by Crippen LogP contribution is -1.98. The molecular formula is C62H44. The molecule has 0 amide bonds. The highest BCUT2D eigenvalue weighted by Crippen LogP contribution is 2.50. The van der Waals surface area contributed by atoms with Crippen molar-refractivity contribution in [2.75, 3.05) is 0 Å². The highest BCUT2D eigenvalue weighted by Gasteiger charge is 2.24. The third-order valence-corrected chi connectivity index (χ3v) is 11.7. The summed E-state index contributed by atoms with van der Waals surface area (Å²) in [6.45, 7) is 0. The van der Waals surface area contributed by atoms with Crippen LogP contribution in [0.2, 0.25) is 0 Å². The quantitative estimate of drug-likeness (QED) is 0.121. The van der Waals surface area contributed by atoms with E-state index in [1.165, 1.54) is 77.9 Å². The Balaban J connectivity index is 1.22. The topological polar surface area (TPSA) is 0 Å². The maximum atomic E-state index is 2.43. The Morgan fingerprint density at radius 1 is 0.177 bits per heavy atom. The van der Waals surface area contributed by atoms with Gasteiger partial charge in [-0.3, -0.25) is 0 Å². The normalized spacial score (nSPS) is 10.9. The Kier molecular flexibility index (Phi) is 10.9. The second-order valence-corrected chi connectivity index (χ2v) is 15.6. The first kappa shape index (κ1) is 38.2.